The molecule has 0 heterocycles. The number of carbonyl (C=O) groups excluding carboxylic acids is 3. The molecule has 0 bridgehead atoms. The van der Waals surface area contributed by atoms with E-state index in [9.17, 15) is 14.4 Å². The SMILES string of the molecule is CCCCCN(C(=O)C(C)NC(=O)OC(C)(C)C)C(C(=O)NC(C)(C)C)c1ccccc1C. The van der Waals surface area contributed by atoms with Gasteiger partial charge in [0.1, 0.15) is 17.7 Å². The normalized spacial score (nSPS) is 13.6. The minimum atomic E-state index is -0.851. The first kappa shape index (κ1) is 28.5. The Morgan fingerprint density at radius 3 is 2.15 bits per heavy atom. The lowest BCUT2D eigenvalue weighted by molar-refractivity contribution is -0.142. The number of rotatable bonds is 9. The molecule has 2 N–H and O–H groups in total. The molecule has 0 aliphatic rings. The average molecular weight is 462 g/mol. The van der Waals surface area contributed by atoms with Gasteiger partial charge in [-0.05, 0) is 72.9 Å². The van der Waals surface area contributed by atoms with Gasteiger partial charge in [-0.2, -0.15) is 0 Å². The molecule has 3 amide bonds. The monoisotopic (exact) mass is 461 g/mol. The summed E-state index contributed by atoms with van der Waals surface area (Å²) in [6, 6.07) is 5.94. The summed E-state index contributed by atoms with van der Waals surface area (Å²) in [6.45, 7) is 17.1. The highest BCUT2D eigenvalue weighted by atomic mass is 16.6. The number of nitrogens with zero attached hydrogens (tertiary/aromatic N) is 1. The van der Waals surface area contributed by atoms with Crippen molar-refractivity contribution < 1.29 is 19.1 Å². The number of alkyl carbamates (subject to hydrolysis) is 1. The van der Waals surface area contributed by atoms with E-state index >= 15 is 0 Å². The summed E-state index contributed by atoms with van der Waals surface area (Å²) in [4.78, 5) is 41.0. The lowest BCUT2D eigenvalue weighted by atomic mass is 9.96. The quantitative estimate of drug-likeness (QED) is 0.513. The van der Waals surface area contributed by atoms with Gasteiger partial charge in [-0.1, -0.05) is 44.0 Å². The van der Waals surface area contributed by atoms with Gasteiger partial charge in [-0.15, -0.1) is 0 Å². The van der Waals surface area contributed by atoms with Crippen LogP contribution in [0.2, 0.25) is 0 Å². The second-order valence-electron chi connectivity index (χ2n) is 10.6. The van der Waals surface area contributed by atoms with Crippen molar-refractivity contribution >= 4 is 17.9 Å². The van der Waals surface area contributed by atoms with Gasteiger partial charge in [0.15, 0.2) is 0 Å². The minimum absolute atomic E-state index is 0.244. The van der Waals surface area contributed by atoms with Crippen molar-refractivity contribution in [2.24, 2.45) is 0 Å². The fourth-order valence-electron chi connectivity index (χ4n) is 3.48. The van der Waals surface area contributed by atoms with Crippen molar-refractivity contribution in [1.29, 1.82) is 0 Å². The van der Waals surface area contributed by atoms with Crippen molar-refractivity contribution in [2.75, 3.05) is 6.54 Å². The molecule has 2 atom stereocenters. The van der Waals surface area contributed by atoms with Crippen LogP contribution in [0.5, 0.6) is 0 Å². The number of amides is 3. The van der Waals surface area contributed by atoms with Gasteiger partial charge in [-0.25, -0.2) is 4.79 Å². The number of hydrogen-bond donors (Lipinski definition) is 2. The van der Waals surface area contributed by atoms with Crippen LogP contribution in [0.1, 0.15) is 91.8 Å². The highest BCUT2D eigenvalue weighted by Crippen LogP contribution is 2.27. The van der Waals surface area contributed by atoms with Crippen LogP contribution in [-0.2, 0) is 14.3 Å². The number of carbonyl (C=O) groups is 3. The lowest BCUT2D eigenvalue weighted by Gasteiger charge is -2.36. The fraction of sp³-hybridized carbons (Fsp3) is 0.654. The van der Waals surface area contributed by atoms with E-state index in [0.717, 1.165) is 30.4 Å². The van der Waals surface area contributed by atoms with E-state index in [-0.39, 0.29) is 11.8 Å². The second-order valence-corrected chi connectivity index (χ2v) is 10.6. The van der Waals surface area contributed by atoms with Crippen LogP contribution in [0.25, 0.3) is 0 Å². The third-order valence-electron chi connectivity index (χ3n) is 4.93. The summed E-state index contributed by atoms with van der Waals surface area (Å²) < 4.78 is 5.31. The van der Waals surface area contributed by atoms with Crippen molar-refractivity contribution in [2.45, 2.75) is 105 Å². The number of aryl methyl sites for hydroxylation is 1. The summed E-state index contributed by atoms with van der Waals surface area (Å²) in [5.74, 6) is -0.569. The van der Waals surface area contributed by atoms with Gasteiger partial charge < -0.3 is 20.3 Å². The first-order valence-corrected chi connectivity index (χ1v) is 11.8. The average Bonchev–Trinajstić information content (AvgIpc) is 2.65. The third-order valence-corrected chi connectivity index (χ3v) is 4.93. The summed E-state index contributed by atoms with van der Waals surface area (Å²) in [5.41, 5.74) is 0.557. The number of ether oxygens (including phenoxy) is 1. The number of hydrogen-bond acceptors (Lipinski definition) is 4. The standard InChI is InChI=1S/C26H43N3O4/c1-10-11-14-17-29(23(31)19(3)27-24(32)33-26(7,8)9)21(22(30)28-25(4,5)6)20-16-13-12-15-18(20)2/h12-13,15-16,19,21H,10-11,14,17H2,1-9H3,(H,27,32)(H,28,30). The Bertz CT molecular complexity index is 808. The second kappa shape index (κ2) is 12.1. The molecule has 0 aromatic heterocycles. The topological polar surface area (TPSA) is 87.7 Å². The number of unbranched alkanes of at least 4 members (excludes halogenated alkanes) is 2. The first-order chi connectivity index (χ1) is 15.2. The summed E-state index contributed by atoms with van der Waals surface area (Å²) in [7, 11) is 0. The zero-order valence-electron chi connectivity index (χ0n) is 21.9. The largest absolute Gasteiger partial charge is 0.444 e. The third kappa shape index (κ3) is 9.84. The van der Waals surface area contributed by atoms with Gasteiger partial charge in [-0.3, -0.25) is 9.59 Å². The van der Waals surface area contributed by atoms with E-state index in [0.29, 0.717) is 6.54 Å². The molecule has 0 fully saturated rings. The van der Waals surface area contributed by atoms with E-state index in [1.54, 1.807) is 32.6 Å². The zero-order valence-corrected chi connectivity index (χ0v) is 21.9. The van der Waals surface area contributed by atoms with E-state index in [1.165, 1.54) is 0 Å². The van der Waals surface area contributed by atoms with Crippen molar-refractivity contribution in [3.8, 4) is 0 Å². The van der Waals surface area contributed by atoms with Gasteiger partial charge in [0.2, 0.25) is 11.8 Å². The zero-order chi connectivity index (χ0) is 25.4. The Labute approximate surface area is 199 Å². The Morgan fingerprint density at radius 2 is 1.64 bits per heavy atom. The molecule has 0 saturated heterocycles. The summed E-state index contributed by atoms with van der Waals surface area (Å²) in [5, 5.41) is 5.67. The molecule has 7 nitrogen and oxygen atoms in total. The Morgan fingerprint density at radius 1 is 1.03 bits per heavy atom. The minimum Gasteiger partial charge on any atom is -0.444 e. The molecular weight excluding hydrogens is 418 g/mol. The molecule has 2 unspecified atom stereocenters. The van der Waals surface area contributed by atoms with Gasteiger partial charge in [0, 0.05) is 12.1 Å². The van der Waals surface area contributed by atoms with Gasteiger partial charge in [0.25, 0.3) is 0 Å². The van der Waals surface area contributed by atoms with Crippen molar-refractivity contribution in [3.05, 3.63) is 35.4 Å². The molecule has 186 valence electrons. The van der Waals surface area contributed by atoms with E-state index in [2.05, 4.69) is 17.6 Å². The molecular formula is C26H43N3O4. The summed E-state index contributed by atoms with van der Waals surface area (Å²) in [6.07, 6.45) is 2.01. The number of nitrogens with one attached hydrogen (secondary N) is 2. The molecule has 0 radical (unpaired) electrons. The molecule has 1 rings (SSSR count). The van der Waals surface area contributed by atoms with Crippen LogP contribution in [0, 0.1) is 6.92 Å². The predicted octanol–water partition coefficient (Wildman–Crippen LogP) is 4.88. The van der Waals surface area contributed by atoms with E-state index in [1.807, 2.05) is 52.0 Å². The van der Waals surface area contributed by atoms with Crippen LogP contribution in [0.4, 0.5) is 4.79 Å². The van der Waals surface area contributed by atoms with Crippen LogP contribution >= 0.6 is 0 Å². The Hall–Kier alpha value is -2.57. The molecule has 0 spiro atoms. The highest BCUT2D eigenvalue weighted by Gasteiger charge is 2.36. The fourth-order valence-corrected chi connectivity index (χ4v) is 3.48. The Kier molecular flexibility index (Phi) is 10.4. The van der Waals surface area contributed by atoms with Crippen LogP contribution in [-0.4, -0.2) is 46.5 Å². The smallest absolute Gasteiger partial charge is 0.408 e. The predicted molar refractivity (Wildman–Crippen MR) is 132 cm³/mol. The van der Waals surface area contributed by atoms with Crippen molar-refractivity contribution in [1.82, 2.24) is 15.5 Å². The van der Waals surface area contributed by atoms with Crippen LogP contribution < -0.4 is 10.6 Å². The maximum atomic E-state index is 13.6. The van der Waals surface area contributed by atoms with Gasteiger partial charge >= 0.3 is 6.09 Å². The molecule has 1 aromatic carbocycles. The maximum Gasteiger partial charge on any atom is 0.408 e. The molecule has 1 aromatic rings. The van der Waals surface area contributed by atoms with E-state index in [4.69, 9.17) is 4.74 Å². The molecule has 0 saturated carbocycles. The molecule has 7 heteroatoms. The highest BCUT2D eigenvalue weighted by molar-refractivity contribution is 5.92. The lowest BCUT2D eigenvalue weighted by Crippen LogP contribution is -2.54. The molecule has 33 heavy (non-hydrogen) atoms. The van der Waals surface area contributed by atoms with E-state index < -0.39 is 29.3 Å². The van der Waals surface area contributed by atoms with Crippen LogP contribution in [0.15, 0.2) is 24.3 Å². The van der Waals surface area contributed by atoms with Crippen LogP contribution in [0.3, 0.4) is 0 Å². The van der Waals surface area contributed by atoms with Gasteiger partial charge in [0.05, 0.1) is 0 Å². The maximum absolute atomic E-state index is 13.6. The van der Waals surface area contributed by atoms with Crippen molar-refractivity contribution in [3.63, 3.8) is 0 Å². The first-order valence-electron chi connectivity index (χ1n) is 11.8. The molecule has 0 aliphatic carbocycles. The number of benzene rings is 1. The Balaban J connectivity index is 3.35. The summed E-state index contributed by atoms with van der Waals surface area (Å²) >= 11 is 0. The molecule has 0 aliphatic heterocycles.